The molecular weight excluding hydrogens is 428 g/mol. The molecule has 0 aromatic heterocycles. The Morgan fingerprint density at radius 3 is 2.30 bits per heavy atom. The fourth-order valence-electron chi connectivity index (χ4n) is 3.13. The third-order valence-electron chi connectivity index (χ3n) is 4.99. The molecule has 1 aliphatic carbocycles. The number of nitrogens with one attached hydrogen (secondary N) is 2. The minimum Gasteiger partial charge on any atom is -0.394 e. The van der Waals surface area contributed by atoms with Crippen LogP contribution in [0, 0.1) is 30.2 Å². The molecule has 2 aromatic rings. The molecule has 0 spiro atoms. The van der Waals surface area contributed by atoms with Crippen LogP contribution in [0.15, 0.2) is 24.3 Å². The third kappa shape index (κ3) is 4.23. The van der Waals surface area contributed by atoms with Gasteiger partial charge in [-0.05, 0) is 43.9 Å². The van der Waals surface area contributed by atoms with E-state index in [2.05, 4.69) is 5.32 Å². The Hall–Kier alpha value is -2.37. The maximum absolute atomic E-state index is 14.5. The van der Waals surface area contributed by atoms with Crippen LogP contribution in [0.25, 0.3) is 0 Å². The summed E-state index contributed by atoms with van der Waals surface area (Å²) in [6.45, 7) is 0.932. The van der Waals surface area contributed by atoms with Gasteiger partial charge in [0.05, 0.1) is 23.1 Å². The Kier molecular flexibility index (Phi) is 5.99. The zero-order valence-corrected chi connectivity index (χ0v) is 16.7. The first-order chi connectivity index (χ1) is 14.0. The van der Waals surface area contributed by atoms with Gasteiger partial charge < -0.3 is 15.5 Å². The van der Waals surface area contributed by atoms with Gasteiger partial charge in [0.25, 0.3) is 0 Å². The molecule has 4 N–H and O–H groups in total. The van der Waals surface area contributed by atoms with Crippen molar-refractivity contribution in [2.24, 2.45) is 0 Å². The molecule has 1 aliphatic rings. The highest BCUT2D eigenvalue weighted by molar-refractivity contribution is 7.94. The molecule has 0 unspecified atom stereocenters. The van der Waals surface area contributed by atoms with Gasteiger partial charge in [0.15, 0.2) is 17.5 Å². The average molecular weight is 448 g/mol. The van der Waals surface area contributed by atoms with Crippen LogP contribution < -0.4 is 10.0 Å². The molecule has 30 heavy (non-hydrogen) atoms. The normalized spacial score (nSPS) is 16.2. The topological polar surface area (TPSA) is 98.7 Å². The van der Waals surface area contributed by atoms with Crippen LogP contribution >= 0.6 is 0 Å². The van der Waals surface area contributed by atoms with Gasteiger partial charge >= 0.3 is 0 Å². The van der Waals surface area contributed by atoms with E-state index in [0.29, 0.717) is 5.56 Å². The zero-order valence-electron chi connectivity index (χ0n) is 15.8. The van der Waals surface area contributed by atoms with E-state index in [1.54, 1.807) is 6.92 Å². The lowest BCUT2D eigenvalue weighted by molar-refractivity contribution is 0.0858. The molecular formula is C19H20F4N2O4S. The number of sulfonamides is 1. The fraction of sp³-hybridized carbons (Fsp3) is 0.368. The van der Waals surface area contributed by atoms with E-state index in [9.17, 15) is 31.1 Å². The van der Waals surface area contributed by atoms with Crippen molar-refractivity contribution in [3.8, 4) is 0 Å². The third-order valence-corrected chi connectivity index (χ3v) is 7.18. The molecule has 6 nitrogen and oxygen atoms in total. The van der Waals surface area contributed by atoms with Crippen LogP contribution in [-0.4, -0.2) is 36.1 Å². The molecule has 1 fully saturated rings. The second-order valence-electron chi connectivity index (χ2n) is 7.34. The van der Waals surface area contributed by atoms with Crippen molar-refractivity contribution in [3.05, 3.63) is 53.1 Å². The minimum atomic E-state index is -4.37. The molecule has 0 saturated heterocycles. The summed E-state index contributed by atoms with van der Waals surface area (Å²) in [6.07, 6.45) is -1.39. The second-order valence-corrected chi connectivity index (χ2v) is 9.42. The van der Waals surface area contributed by atoms with E-state index in [0.717, 1.165) is 6.07 Å². The number of rotatable bonds is 8. The summed E-state index contributed by atoms with van der Waals surface area (Å²) in [5.41, 5.74) is -1.61. The van der Waals surface area contributed by atoms with Crippen molar-refractivity contribution in [3.63, 3.8) is 0 Å². The molecule has 1 atom stereocenters. The Labute approximate surface area is 170 Å². The van der Waals surface area contributed by atoms with Gasteiger partial charge in [0.1, 0.15) is 17.2 Å². The number of aryl methyl sites for hydroxylation is 1. The van der Waals surface area contributed by atoms with Gasteiger partial charge in [0.2, 0.25) is 10.0 Å². The Morgan fingerprint density at radius 1 is 1.07 bits per heavy atom. The molecule has 164 valence electrons. The molecule has 0 radical (unpaired) electrons. The smallest absolute Gasteiger partial charge is 0.238 e. The van der Waals surface area contributed by atoms with E-state index >= 15 is 0 Å². The number of halogens is 4. The highest BCUT2D eigenvalue weighted by Crippen LogP contribution is 2.48. The fourth-order valence-corrected chi connectivity index (χ4v) is 4.86. The largest absolute Gasteiger partial charge is 0.394 e. The zero-order chi connectivity index (χ0) is 22.3. The Morgan fingerprint density at radius 2 is 1.73 bits per heavy atom. The van der Waals surface area contributed by atoms with Gasteiger partial charge in [-0.15, -0.1) is 0 Å². The molecule has 0 heterocycles. The molecule has 0 amide bonds. The molecule has 1 saturated carbocycles. The monoisotopic (exact) mass is 448 g/mol. The van der Waals surface area contributed by atoms with Crippen molar-refractivity contribution in [2.45, 2.75) is 37.0 Å². The summed E-state index contributed by atoms with van der Waals surface area (Å²) in [5, 5.41) is 20.8. The predicted molar refractivity (Wildman–Crippen MR) is 103 cm³/mol. The molecule has 0 aliphatic heterocycles. The molecule has 3 rings (SSSR count). The molecule has 2 aromatic carbocycles. The summed E-state index contributed by atoms with van der Waals surface area (Å²) in [5.74, 6) is -5.44. The number of hydrogen-bond donors (Lipinski definition) is 4. The number of benzene rings is 2. The van der Waals surface area contributed by atoms with Gasteiger partial charge in [-0.2, -0.15) is 0 Å². The second kappa shape index (κ2) is 8.05. The van der Waals surface area contributed by atoms with Crippen LogP contribution in [0.3, 0.4) is 0 Å². The maximum Gasteiger partial charge on any atom is 0.238 e. The first kappa shape index (κ1) is 22.3. The predicted octanol–water partition coefficient (Wildman–Crippen LogP) is 3.31. The summed E-state index contributed by atoms with van der Waals surface area (Å²) in [7, 11) is -4.37. The van der Waals surface area contributed by atoms with Crippen molar-refractivity contribution < 1.29 is 36.2 Å². The van der Waals surface area contributed by atoms with Gasteiger partial charge in [0, 0.05) is 6.07 Å². The van der Waals surface area contributed by atoms with Crippen molar-refractivity contribution in [1.82, 2.24) is 0 Å². The van der Waals surface area contributed by atoms with Gasteiger partial charge in [-0.25, -0.2) is 26.0 Å². The lowest BCUT2D eigenvalue weighted by atomic mass is 10.2. The van der Waals surface area contributed by atoms with Gasteiger partial charge in [-0.1, -0.05) is 6.07 Å². The number of hydrogen-bond acceptors (Lipinski definition) is 5. The van der Waals surface area contributed by atoms with Crippen molar-refractivity contribution in [1.29, 1.82) is 0 Å². The van der Waals surface area contributed by atoms with E-state index in [-0.39, 0.29) is 31.0 Å². The SMILES string of the molecule is Cc1ccc(Nc2c(F)c(F)cc(F)c2NS(=O)(=O)C2(C[C@@H](O)CO)CC2)c(F)c1. The van der Waals surface area contributed by atoms with Crippen LogP contribution in [0.5, 0.6) is 0 Å². The minimum absolute atomic E-state index is 0.125. The molecule has 11 heteroatoms. The lowest BCUT2D eigenvalue weighted by Gasteiger charge is -2.22. The maximum atomic E-state index is 14.5. The first-order valence-electron chi connectivity index (χ1n) is 9.01. The number of aliphatic hydroxyl groups is 2. The van der Waals surface area contributed by atoms with Crippen LogP contribution in [0.1, 0.15) is 24.8 Å². The summed E-state index contributed by atoms with van der Waals surface area (Å²) in [4.78, 5) is 0. The molecule has 0 bridgehead atoms. The standard InChI is InChI=1S/C19H20F4N2O4S/c1-10-2-3-15(12(20)6-10)24-18-16(23)13(21)7-14(22)17(18)25-30(28,29)19(4-5-19)8-11(27)9-26/h2-3,6-7,11,24-27H,4-5,8-9H2,1H3/t11-/m1/s1. The van der Waals surface area contributed by atoms with Crippen molar-refractivity contribution in [2.75, 3.05) is 16.6 Å². The summed E-state index contributed by atoms with van der Waals surface area (Å²) in [6, 6.07) is 3.96. The average Bonchev–Trinajstić information content (AvgIpc) is 3.45. The quantitative estimate of drug-likeness (QED) is 0.367. The van der Waals surface area contributed by atoms with Gasteiger partial charge in [-0.3, -0.25) is 4.72 Å². The van der Waals surface area contributed by atoms with Crippen LogP contribution in [0.4, 0.5) is 34.6 Å². The summed E-state index contributed by atoms with van der Waals surface area (Å²) < 4.78 is 82.9. The van der Waals surface area contributed by atoms with Crippen LogP contribution in [-0.2, 0) is 10.0 Å². The lowest BCUT2D eigenvalue weighted by Crippen LogP contribution is -2.34. The van der Waals surface area contributed by atoms with Crippen molar-refractivity contribution >= 4 is 27.1 Å². The van der Waals surface area contributed by atoms with E-state index in [1.807, 2.05) is 4.72 Å². The highest BCUT2D eigenvalue weighted by atomic mass is 32.2. The van der Waals surface area contributed by atoms with E-state index < -0.39 is 62.1 Å². The van der Waals surface area contributed by atoms with E-state index in [4.69, 9.17) is 5.11 Å². The van der Waals surface area contributed by atoms with Crippen LogP contribution in [0.2, 0.25) is 0 Å². The highest BCUT2D eigenvalue weighted by Gasteiger charge is 2.55. The number of aliphatic hydroxyl groups excluding tert-OH is 2. The van der Waals surface area contributed by atoms with E-state index in [1.165, 1.54) is 12.1 Å². The Balaban J connectivity index is 2.02. The number of anilines is 3. The summed E-state index contributed by atoms with van der Waals surface area (Å²) >= 11 is 0. The Bertz CT molecular complexity index is 1070. The first-order valence-corrected chi connectivity index (χ1v) is 10.5.